The van der Waals surface area contributed by atoms with Crippen molar-refractivity contribution in [2.75, 3.05) is 6.61 Å². The topological polar surface area (TPSA) is 36.8 Å². The summed E-state index contributed by atoms with van der Waals surface area (Å²) in [4.78, 5) is 0. The average molecular weight is 230 g/mol. The summed E-state index contributed by atoms with van der Waals surface area (Å²) in [5.74, 6) is 0. The number of rotatable bonds is 4. The lowest BCUT2D eigenvalue weighted by atomic mass is 10.0. The first-order valence-corrected chi connectivity index (χ1v) is 6.04. The average Bonchev–Trinajstić information content (AvgIpc) is 2.36. The van der Waals surface area contributed by atoms with Crippen LogP contribution in [0, 0.1) is 0 Å². The zero-order chi connectivity index (χ0) is 12.3. The molecule has 2 rings (SSSR count). The number of nitrogens with two attached hydrogens (primary N) is 1. The molecule has 17 heavy (non-hydrogen) atoms. The van der Waals surface area contributed by atoms with Crippen molar-refractivity contribution in [1.29, 1.82) is 0 Å². The van der Waals surface area contributed by atoms with Gasteiger partial charge in [0.1, 0.15) is 12.1 Å². The van der Waals surface area contributed by atoms with Gasteiger partial charge < -0.3 is 10.4 Å². The zero-order valence-corrected chi connectivity index (χ0v) is 10.5. The van der Waals surface area contributed by atoms with Gasteiger partial charge in [-0.15, -0.1) is 0 Å². The van der Waals surface area contributed by atoms with Gasteiger partial charge in [-0.1, -0.05) is 42.5 Å². The van der Waals surface area contributed by atoms with Crippen molar-refractivity contribution in [2.45, 2.75) is 25.9 Å². The van der Waals surface area contributed by atoms with Gasteiger partial charge in [0.15, 0.2) is 0 Å². The van der Waals surface area contributed by atoms with E-state index in [-0.39, 0.29) is 12.1 Å². The van der Waals surface area contributed by atoms with E-state index in [2.05, 4.69) is 61.6 Å². The largest absolute Gasteiger partial charge is 0.390 e. The van der Waals surface area contributed by atoms with Crippen molar-refractivity contribution in [2.24, 2.45) is 0 Å². The van der Waals surface area contributed by atoms with Crippen LogP contribution < -0.4 is 5.32 Å². The molecule has 2 heteroatoms. The van der Waals surface area contributed by atoms with E-state index in [1.807, 2.05) is 0 Å². The monoisotopic (exact) mass is 230 g/mol. The molecular formula is C15H20NO+. The van der Waals surface area contributed by atoms with E-state index in [4.69, 9.17) is 0 Å². The van der Waals surface area contributed by atoms with Crippen LogP contribution in [0.1, 0.15) is 19.4 Å². The van der Waals surface area contributed by atoms with Crippen LogP contribution in [-0.2, 0) is 6.54 Å². The summed E-state index contributed by atoms with van der Waals surface area (Å²) in [6.45, 7) is 5.20. The Morgan fingerprint density at radius 1 is 1.06 bits per heavy atom. The molecule has 0 amide bonds. The summed E-state index contributed by atoms with van der Waals surface area (Å²) in [7, 11) is 0. The standard InChI is InChI=1S/C15H19NO/c1-15(2,11-17)16-10-13-8-5-7-12-6-3-4-9-14(12)13/h3-9,16-17H,10-11H2,1-2H3/p+1. The molecule has 2 nitrogen and oxygen atoms in total. The van der Waals surface area contributed by atoms with E-state index in [1.165, 1.54) is 16.3 Å². The van der Waals surface area contributed by atoms with Gasteiger partial charge in [-0.2, -0.15) is 0 Å². The first-order chi connectivity index (χ1) is 8.12. The highest BCUT2D eigenvalue weighted by atomic mass is 16.3. The van der Waals surface area contributed by atoms with Crippen LogP contribution in [0.15, 0.2) is 42.5 Å². The van der Waals surface area contributed by atoms with Gasteiger partial charge in [-0.05, 0) is 24.6 Å². The maximum atomic E-state index is 9.25. The molecule has 0 atom stereocenters. The molecule has 90 valence electrons. The van der Waals surface area contributed by atoms with Crippen molar-refractivity contribution in [1.82, 2.24) is 0 Å². The van der Waals surface area contributed by atoms with Gasteiger partial charge in [0.2, 0.25) is 0 Å². The summed E-state index contributed by atoms with van der Waals surface area (Å²) in [5, 5.41) is 14.0. The Morgan fingerprint density at radius 3 is 2.53 bits per heavy atom. The number of quaternary nitrogens is 1. The molecule has 2 aromatic carbocycles. The number of aliphatic hydroxyl groups excluding tert-OH is 1. The van der Waals surface area contributed by atoms with Gasteiger partial charge in [0.05, 0.1) is 6.61 Å². The van der Waals surface area contributed by atoms with Crippen LogP contribution in [0.3, 0.4) is 0 Å². The quantitative estimate of drug-likeness (QED) is 0.823. The number of benzene rings is 2. The SMILES string of the molecule is CC(C)(CO)[NH2+]Cc1cccc2ccccc12. The summed E-state index contributed by atoms with van der Waals surface area (Å²) >= 11 is 0. The van der Waals surface area contributed by atoms with Gasteiger partial charge in [0, 0.05) is 5.56 Å². The van der Waals surface area contributed by atoms with Gasteiger partial charge in [0.25, 0.3) is 0 Å². The van der Waals surface area contributed by atoms with E-state index >= 15 is 0 Å². The Kier molecular flexibility index (Phi) is 3.46. The molecule has 0 aliphatic carbocycles. The van der Waals surface area contributed by atoms with Gasteiger partial charge in [-0.25, -0.2) is 0 Å². The molecule has 0 aromatic heterocycles. The molecule has 0 radical (unpaired) electrons. The molecule has 0 saturated carbocycles. The fourth-order valence-corrected chi connectivity index (χ4v) is 1.92. The van der Waals surface area contributed by atoms with E-state index in [9.17, 15) is 5.11 Å². The zero-order valence-electron chi connectivity index (χ0n) is 10.5. The highest BCUT2D eigenvalue weighted by molar-refractivity contribution is 5.85. The third-order valence-corrected chi connectivity index (χ3v) is 3.16. The van der Waals surface area contributed by atoms with E-state index in [0.29, 0.717) is 0 Å². The lowest BCUT2D eigenvalue weighted by Crippen LogP contribution is -2.95. The Bertz CT molecular complexity index is 500. The van der Waals surface area contributed by atoms with E-state index < -0.39 is 0 Å². The van der Waals surface area contributed by atoms with Gasteiger partial charge >= 0.3 is 0 Å². The van der Waals surface area contributed by atoms with Crippen LogP contribution in [0.2, 0.25) is 0 Å². The normalized spacial score (nSPS) is 11.9. The predicted molar refractivity (Wildman–Crippen MR) is 70.7 cm³/mol. The number of hydrogen-bond acceptors (Lipinski definition) is 1. The van der Waals surface area contributed by atoms with Crippen molar-refractivity contribution in [3.63, 3.8) is 0 Å². The molecule has 0 spiro atoms. The molecule has 0 heterocycles. The Hall–Kier alpha value is -1.38. The molecule has 0 bridgehead atoms. The highest BCUT2D eigenvalue weighted by Gasteiger charge is 2.19. The molecule has 0 aliphatic rings. The molecule has 0 fully saturated rings. The maximum Gasteiger partial charge on any atom is 0.114 e. The Morgan fingerprint density at radius 2 is 1.76 bits per heavy atom. The molecule has 0 saturated heterocycles. The van der Waals surface area contributed by atoms with Crippen molar-refractivity contribution < 1.29 is 10.4 Å². The molecule has 0 aliphatic heterocycles. The van der Waals surface area contributed by atoms with Crippen molar-refractivity contribution in [3.8, 4) is 0 Å². The molecule has 3 N–H and O–H groups in total. The third kappa shape index (κ3) is 2.84. The number of fused-ring (bicyclic) bond motifs is 1. The molecule has 2 aromatic rings. The van der Waals surface area contributed by atoms with Crippen LogP contribution in [0.5, 0.6) is 0 Å². The van der Waals surface area contributed by atoms with E-state index in [0.717, 1.165) is 6.54 Å². The second kappa shape index (κ2) is 4.86. The van der Waals surface area contributed by atoms with Crippen LogP contribution >= 0.6 is 0 Å². The molecular weight excluding hydrogens is 210 g/mol. The first kappa shape index (κ1) is 12.1. The summed E-state index contributed by atoms with van der Waals surface area (Å²) < 4.78 is 0. The highest BCUT2D eigenvalue weighted by Crippen LogP contribution is 2.17. The van der Waals surface area contributed by atoms with Crippen LogP contribution in [-0.4, -0.2) is 17.3 Å². The summed E-state index contributed by atoms with van der Waals surface area (Å²) in [6.07, 6.45) is 0. The fraction of sp³-hybridized carbons (Fsp3) is 0.333. The van der Waals surface area contributed by atoms with Crippen LogP contribution in [0.25, 0.3) is 10.8 Å². The Labute approximate surface area is 102 Å². The summed E-state index contributed by atoms with van der Waals surface area (Å²) in [5.41, 5.74) is 1.21. The predicted octanol–water partition coefficient (Wildman–Crippen LogP) is 1.67. The number of hydrogen-bond donors (Lipinski definition) is 2. The fourth-order valence-electron chi connectivity index (χ4n) is 1.92. The lowest BCUT2D eigenvalue weighted by molar-refractivity contribution is -0.736. The minimum atomic E-state index is -0.114. The first-order valence-electron chi connectivity index (χ1n) is 6.04. The number of aliphatic hydroxyl groups is 1. The van der Waals surface area contributed by atoms with Gasteiger partial charge in [-0.3, -0.25) is 0 Å². The van der Waals surface area contributed by atoms with E-state index in [1.54, 1.807) is 0 Å². The minimum absolute atomic E-state index is 0.114. The smallest absolute Gasteiger partial charge is 0.114 e. The third-order valence-electron chi connectivity index (χ3n) is 3.16. The second-order valence-electron chi connectivity index (χ2n) is 5.19. The van der Waals surface area contributed by atoms with Crippen molar-refractivity contribution >= 4 is 10.8 Å². The second-order valence-corrected chi connectivity index (χ2v) is 5.19. The Balaban J connectivity index is 2.24. The maximum absolute atomic E-state index is 9.25. The minimum Gasteiger partial charge on any atom is -0.390 e. The summed E-state index contributed by atoms with van der Waals surface area (Å²) in [6, 6.07) is 14.8. The van der Waals surface area contributed by atoms with Crippen LogP contribution in [0.4, 0.5) is 0 Å². The molecule has 0 unspecified atom stereocenters. The van der Waals surface area contributed by atoms with Crippen molar-refractivity contribution in [3.05, 3.63) is 48.0 Å². The lowest BCUT2D eigenvalue weighted by Gasteiger charge is -2.20.